The van der Waals surface area contributed by atoms with Gasteiger partial charge in [-0.05, 0) is 18.2 Å². The SMILES string of the molecule is COc1cccc(-n2c(CN)nnc2SCc2ccnn2C)c1.Cl. The summed E-state index contributed by atoms with van der Waals surface area (Å²) in [5.74, 6) is 2.25. The smallest absolute Gasteiger partial charge is 0.196 e. The predicted molar refractivity (Wildman–Crippen MR) is 95.8 cm³/mol. The molecular weight excluding hydrogens is 348 g/mol. The van der Waals surface area contributed by atoms with Crippen LogP contribution < -0.4 is 10.5 Å². The van der Waals surface area contributed by atoms with Crippen molar-refractivity contribution in [2.45, 2.75) is 17.5 Å². The second kappa shape index (κ2) is 8.18. The van der Waals surface area contributed by atoms with E-state index in [9.17, 15) is 0 Å². The Balaban J connectivity index is 0.00000208. The lowest BCUT2D eigenvalue weighted by molar-refractivity contribution is 0.414. The molecule has 128 valence electrons. The van der Waals surface area contributed by atoms with E-state index < -0.39 is 0 Å². The summed E-state index contributed by atoms with van der Waals surface area (Å²) in [4.78, 5) is 0. The molecule has 0 atom stereocenters. The Morgan fingerprint density at radius 3 is 2.75 bits per heavy atom. The molecule has 2 N–H and O–H groups in total. The van der Waals surface area contributed by atoms with Crippen LogP contribution in [0.1, 0.15) is 11.5 Å². The van der Waals surface area contributed by atoms with Crippen molar-refractivity contribution in [3.05, 3.63) is 48.0 Å². The highest BCUT2D eigenvalue weighted by Crippen LogP contribution is 2.26. The van der Waals surface area contributed by atoms with Gasteiger partial charge in [0.05, 0.1) is 19.3 Å². The minimum atomic E-state index is 0. The molecule has 1 aromatic carbocycles. The van der Waals surface area contributed by atoms with E-state index in [1.54, 1.807) is 25.1 Å². The third-order valence-electron chi connectivity index (χ3n) is 3.47. The van der Waals surface area contributed by atoms with Gasteiger partial charge in [0.1, 0.15) is 5.75 Å². The molecule has 3 rings (SSSR count). The number of methoxy groups -OCH3 is 1. The van der Waals surface area contributed by atoms with Crippen LogP contribution in [0, 0.1) is 0 Å². The minimum absolute atomic E-state index is 0. The molecule has 2 aromatic heterocycles. The van der Waals surface area contributed by atoms with Gasteiger partial charge in [-0.25, -0.2) is 0 Å². The summed E-state index contributed by atoms with van der Waals surface area (Å²) < 4.78 is 9.11. The van der Waals surface area contributed by atoms with Crippen LogP contribution in [0.15, 0.2) is 41.7 Å². The molecule has 0 fully saturated rings. The predicted octanol–water partition coefficient (Wildman–Crippen LogP) is 2.18. The van der Waals surface area contributed by atoms with Crippen molar-refractivity contribution in [1.29, 1.82) is 0 Å². The van der Waals surface area contributed by atoms with Crippen LogP contribution in [0.5, 0.6) is 5.75 Å². The van der Waals surface area contributed by atoms with Crippen LogP contribution >= 0.6 is 24.2 Å². The van der Waals surface area contributed by atoms with Crippen LogP contribution in [-0.2, 0) is 19.3 Å². The molecule has 0 amide bonds. The molecule has 0 radical (unpaired) electrons. The van der Waals surface area contributed by atoms with Crippen LogP contribution in [0.4, 0.5) is 0 Å². The van der Waals surface area contributed by atoms with Crippen LogP contribution in [0.25, 0.3) is 5.69 Å². The second-order valence-electron chi connectivity index (χ2n) is 4.87. The summed E-state index contributed by atoms with van der Waals surface area (Å²) in [6, 6.07) is 9.75. The van der Waals surface area contributed by atoms with Crippen LogP contribution in [0.3, 0.4) is 0 Å². The molecule has 24 heavy (non-hydrogen) atoms. The van der Waals surface area contributed by atoms with Gasteiger partial charge in [0.2, 0.25) is 0 Å². The van der Waals surface area contributed by atoms with Gasteiger partial charge in [0.15, 0.2) is 11.0 Å². The maximum absolute atomic E-state index is 5.81. The number of hydrogen-bond donors (Lipinski definition) is 1. The lowest BCUT2D eigenvalue weighted by Gasteiger charge is -2.10. The maximum atomic E-state index is 5.81. The summed E-state index contributed by atoms with van der Waals surface area (Å²) in [6.45, 7) is 0.316. The fourth-order valence-corrected chi connectivity index (χ4v) is 3.21. The van der Waals surface area contributed by atoms with E-state index in [0.29, 0.717) is 12.4 Å². The third-order valence-corrected chi connectivity index (χ3v) is 4.43. The number of ether oxygens (including phenoxy) is 1. The van der Waals surface area contributed by atoms with Gasteiger partial charge >= 0.3 is 0 Å². The van der Waals surface area contributed by atoms with E-state index in [2.05, 4.69) is 15.3 Å². The van der Waals surface area contributed by atoms with Crippen molar-refractivity contribution < 1.29 is 4.74 Å². The molecule has 9 heteroatoms. The molecule has 7 nitrogen and oxygen atoms in total. The Kier molecular flexibility index (Phi) is 6.24. The molecule has 3 aromatic rings. The average molecular weight is 367 g/mol. The second-order valence-corrected chi connectivity index (χ2v) is 5.82. The van der Waals surface area contributed by atoms with E-state index in [1.165, 1.54) is 0 Å². The number of rotatable bonds is 6. The number of aromatic nitrogens is 5. The van der Waals surface area contributed by atoms with Crippen molar-refractivity contribution in [2.75, 3.05) is 7.11 Å². The maximum Gasteiger partial charge on any atom is 0.196 e. The lowest BCUT2D eigenvalue weighted by Crippen LogP contribution is -2.08. The van der Waals surface area contributed by atoms with Crippen molar-refractivity contribution in [3.8, 4) is 11.4 Å². The summed E-state index contributed by atoms with van der Waals surface area (Å²) in [7, 11) is 3.57. The first-order chi connectivity index (χ1) is 11.2. The van der Waals surface area contributed by atoms with Crippen LogP contribution in [0.2, 0.25) is 0 Å². The van der Waals surface area contributed by atoms with Crippen LogP contribution in [-0.4, -0.2) is 31.7 Å². The van der Waals surface area contributed by atoms with Gasteiger partial charge in [0, 0.05) is 30.8 Å². The molecule has 0 saturated carbocycles. The Morgan fingerprint density at radius 2 is 2.08 bits per heavy atom. The molecular formula is C15H19ClN6OS. The summed E-state index contributed by atoms with van der Waals surface area (Å²) in [6.07, 6.45) is 1.79. The van der Waals surface area contributed by atoms with Crippen molar-refractivity contribution in [3.63, 3.8) is 0 Å². The fourth-order valence-electron chi connectivity index (χ4n) is 2.22. The van der Waals surface area contributed by atoms with E-state index in [1.807, 2.05) is 46.6 Å². The molecule has 0 aliphatic heterocycles. The lowest BCUT2D eigenvalue weighted by atomic mass is 10.3. The van der Waals surface area contributed by atoms with Crippen molar-refractivity contribution in [2.24, 2.45) is 12.8 Å². The van der Waals surface area contributed by atoms with Gasteiger partial charge in [-0.15, -0.1) is 22.6 Å². The number of nitrogens with two attached hydrogens (primary N) is 1. The Morgan fingerprint density at radius 1 is 1.25 bits per heavy atom. The first-order valence-corrected chi connectivity index (χ1v) is 8.10. The highest BCUT2D eigenvalue weighted by molar-refractivity contribution is 7.98. The Hall–Kier alpha value is -2.03. The Bertz CT molecular complexity index is 803. The number of halogens is 1. The topological polar surface area (TPSA) is 83.8 Å². The summed E-state index contributed by atoms with van der Waals surface area (Å²) >= 11 is 1.60. The molecule has 0 bridgehead atoms. The zero-order valence-corrected chi connectivity index (χ0v) is 15.0. The third kappa shape index (κ3) is 3.72. The molecule has 0 aliphatic carbocycles. The molecule has 2 heterocycles. The molecule has 0 aliphatic rings. The largest absolute Gasteiger partial charge is 0.497 e. The number of nitrogens with zero attached hydrogens (tertiary/aromatic N) is 5. The Labute approximate surface area is 150 Å². The van der Waals surface area contributed by atoms with Gasteiger partial charge in [-0.2, -0.15) is 5.10 Å². The van der Waals surface area contributed by atoms with E-state index in [-0.39, 0.29) is 12.4 Å². The van der Waals surface area contributed by atoms with Crippen molar-refractivity contribution >= 4 is 24.2 Å². The summed E-state index contributed by atoms with van der Waals surface area (Å²) in [5, 5.41) is 13.4. The van der Waals surface area contributed by atoms with Gasteiger partial charge < -0.3 is 10.5 Å². The number of benzene rings is 1. The number of thioether (sulfide) groups is 1. The zero-order chi connectivity index (χ0) is 16.2. The molecule has 0 spiro atoms. The first kappa shape index (κ1) is 18.3. The standard InChI is InChI=1S/C15H18N6OS.ClH/c1-20-12(6-7-17-20)10-23-15-19-18-14(9-16)21(15)11-4-3-5-13(8-11)22-2;/h3-8H,9-10,16H2,1-2H3;1H. The molecule has 0 saturated heterocycles. The fraction of sp³-hybridized carbons (Fsp3) is 0.267. The number of hydrogen-bond acceptors (Lipinski definition) is 6. The first-order valence-electron chi connectivity index (χ1n) is 7.11. The molecule has 0 unspecified atom stereocenters. The average Bonchev–Trinajstić information content (AvgIpc) is 3.18. The van der Waals surface area contributed by atoms with E-state index >= 15 is 0 Å². The van der Waals surface area contributed by atoms with Crippen molar-refractivity contribution in [1.82, 2.24) is 24.5 Å². The minimum Gasteiger partial charge on any atom is -0.497 e. The van der Waals surface area contributed by atoms with Gasteiger partial charge in [-0.1, -0.05) is 17.8 Å². The number of aryl methyl sites for hydroxylation is 1. The normalized spacial score (nSPS) is 10.5. The van der Waals surface area contributed by atoms with Gasteiger partial charge in [-0.3, -0.25) is 9.25 Å². The van der Waals surface area contributed by atoms with E-state index in [0.717, 1.165) is 28.0 Å². The zero-order valence-electron chi connectivity index (χ0n) is 13.4. The monoisotopic (exact) mass is 366 g/mol. The quantitative estimate of drug-likeness (QED) is 0.673. The van der Waals surface area contributed by atoms with Gasteiger partial charge in [0.25, 0.3) is 0 Å². The highest BCUT2D eigenvalue weighted by atomic mass is 35.5. The highest BCUT2D eigenvalue weighted by Gasteiger charge is 2.14. The summed E-state index contributed by atoms with van der Waals surface area (Å²) in [5.41, 5.74) is 7.86. The van der Waals surface area contributed by atoms with E-state index in [4.69, 9.17) is 10.5 Å².